The highest BCUT2D eigenvalue weighted by Crippen LogP contribution is 2.10. The van der Waals surface area contributed by atoms with Gasteiger partial charge in [-0.25, -0.2) is 5.43 Å². The Balaban J connectivity index is 1.99. The molecule has 0 aliphatic heterocycles. The lowest BCUT2D eigenvalue weighted by Crippen LogP contribution is -2.17. The highest BCUT2D eigenvalue weighted by atomic mass is 35.5. The van der Waals surface area contributed by atoms with Crippen molar-refractivity contribution >= 4 is 23.7 Å². The van der Waals surface area contributed by atoms with Gasteiger partial charge >= 0.3 is 0 Å². The minimum absolute atomic E-state index is 0.315. The molecule has 0 atom stereocenters. The molecule has 0 aliphatic carbocycles. The van der Waals surface area contributed by atoms with Crippen LogP contribution in [-0.4, -0.2) is 17.1 Å². The van der Waals surface area contributed by atoms with Crippen LogP contribution < -0.4 is 5.43 Å². The fourth-order valence-electron chi connectivity index (χ4n) is 1.30. The summed E-state index contributed by atoms with van der Waals surface area (Å²) in [6.07, 6.45) is 3.13. The Morgan fingerprint density at radius 2 is 2.17 bits per heavy atom. The van der Waals surface area contributed by atoms with Gasteiger partial charge in [-0.1, -0.05) is 23.7 Å². The number of nitrogens with zero attached hydrogens (tertiary/aromatic N) is 2. The van der Waals surface area contributed by atoms with Gasteiger partial charge in [0.1, 0.15) is 0 Å². The van der Waals surface area contributed by atoms with Crippen molar-refractivity contribution in [3.05, 3.63) is 64.9 Å². The highest BCUT2D eigenvalue weighted by Gasteiger charge is 2.03. The van der Waals surface area contributed by atoms with Gasteiger partial charge in [0.15, 0.2) is 0 Å². The van der Waals surface area contributed by atoms with Crippen LogP contribution in [0.4, 0.5) is 0 Å². The SMILES string of the molecule is O=C(N/N=C/c1ccccn1)c1cccc(Cl)c1. The lowest BCUT2D eigenvalue weighted by atomic mass is 10.2. The topological polar surface area (TPSA) is 54.4 Å². The first kappa shape index (κ1) is 12.3. The fourth-order valence-corrected chi connectivity index (χ4v) is 1.49. The van der Waals surface area contributed by atoms with Crippen LogP contribution in [0.1, 0.15) is 16.1 Å². The Hall–Kier alpha value is -2.20. The second kappa shape index (κ2) is 5.93. The number of nitrogens with one attached hydrogen (secondary N) is 1. The first-order chi connectivity index (χ1) is 8.75. The molecule has 0 spiro atoms. The zero-order chi connectivity index (χ0) is 12.8. The molecule has 5 heteroatoms. The van der Waals surface area contributed by atoms with Crippen LogP contribution in [0.5, 0.6) is 0 Å². The number of rotatable bonds is 3. The van der Waals surface area contributed by atoms with E-state index in [0.29, 0.717) is 16.3 Å². The molecule has 1 aromatic heterocycles. The highest BCUT2D eigenvalue weighted by molar-refractivity contribution is 6.30. The van der Waals surface area contributed by atoms with Crippen LogP contribution in [0.3, 0.4) is 0 Å². The van der Waals surface area contributed by atoms with E-state index in [0.717, 1.165) is 0 Å². The predicted octanol–water partition coefficient (Wildman–Crippen LogP) is 2.50. The lowest BCUT2D eigenvalue weighted by Gasteiger charge is -1.99. The summed E-state index contributed by atoms with van der Waals surface area (Å²) in [4.78, 5) is 15.7. The number of carbonyl (C=O) groups excluding carboxylic acids is 1. The number of carbonyl (C=O) groups is 1. The second-order valence-electron chi connectivity index (χ2n) is 3.46. The molecule has 0 aliphatic rings. The Morgan fingerprint density at radius 3 is 2.89 bits per heavy atom. The summed E-state index contributed by atoms with van der Waals surface area (Å²) in [5.41, 5.74) is 3.54. The van der Waals surface area contributed by atoms with Gasteiger partial charge in [0.25, 0.3) is 5.91 Å². The molecule has 0 fully saturated rings. The maximum Gasteiger partial charge on any atom is 0.271 e. The van der Waals surface area contributed by atoms with Crippen LogP contribution in [0, 0.1) is 0 Å². The Bertz CT molecular complexity index is 569. The molecule has 90 valence electrons. The standard InChI is InChI=1S/C13H10ClN3O/c14-11-5-3-4-10(8-11)13(18)17-16-9-12-6-1-2-7-15-12/h1-9H,(H,17,18)/b16-9+. The number of halogens is 1. The number of hydrogen-bond donors (Lipinski definition) is 1. The predicted molar refractivity (Wildman–Crippen MR) is 70.7 cm³/mol. The first-order valence-corrected chi connectivity index (χ1v) is 5.63. The molecule has 1 heterocycles. The van der Waals surface area contributed by atoms with Gasteiger partial charge in [-0.3, -0.25) is 9.78 Å². The zero-order valence-corrected chi connectivity index (χ0v) is 10.1. The van der Waals surface area contributed by atoms with Gasteiger partial charge in [0.05, 0.1) is 11.9 Å². The van der Waals surface area contributed by atoms with Crippen molar-refractivity contribution < 1.29 is 4.79 Å². The summed E-state index contributed by atoms with van der Waals surface area (Å²) in [6, 6.07) is 12.1. The smallest absolute Gasteiger partial charge is 0.267 e. The zero-order valence-electron chi connectivity index (χ0n) is 9.38. The third kappa shape index (κ3) is 3.40. The third-order valence-corrected chi connectivity index (χ3v) is 2.37. The Kier molecular flexibility index (Phi) is 4.04. The van der Waals surface area contributed by atoms with E-state index < -0.39 is 0 Å². The molecule has 0 saturated heterocycles. The number of hydrazone groups is 1. The normalized spacial score (nSPS) is 10.5. The summed E-state index contributed by atoms with van der Waals surface area (Å²) in [5, 5.41) is 4.33. The Morgan fingerprint density at radius 1 is 1.28 bits per heavy atom. The maximum atomic E-state index is 11.7. The van der Waals surface area contributed by atoms with Crippen molar-refractivity contribution in [3.63, 3.8) is 0 Å². The molecular formula is C13H10ClN3O. The monoisotopic (exact) mass is 259 g/mol. The van der Waals surface area contributed by atoms with Gasteiger partial charge in [-0.2, -0.15) is 5.10 Å². The first-order valence-electron chi connectivity index (χ1n) is 5.26. The molecule has 1 aromatic carbocycles. The van der Waals surface area contributed by atoms with Crippen LogP contribution >= 0.6 is 11.6 Å². The van der Waals surface area contributed by atoms with Crippen LogP contribution in [0.2, 0.25) is 5.02 Å². The van der Waals surface area contributed by atoms with E-state index in [1.54, 1.807) is 36.5 Å². The van der Waals surface area contributed by atoms with E-state index in [4.69, 9.17) is 11.6 Å². The number of hydrogen-bond acceptors (Lipinski definition) is 3. The quantitative estimate of drug-likeness (QED) is 0.680. The summed E-state index contributed by atoms with van der Waals surface area (Å²) in [6.45, 7) is 0. The number of amides is 1. The van der Waals surface area contributed by atoms with E-state index in [-0.39, 0.29) is 5.91 Å². The van der Waals surface area contributed by atoms with Gasteiger partial charge in [0, 0.05) is 16.8 Å². The average molecular weight is 260 g/mol. The summed E-state index contributed by atoms with van der Waals surface area (Å²) in [7, 11) is 0. The molecular weight excluding hydrogens is 250 g/mol. The molecule has 0 radical (unpaired) electrons. The molecule has 0 bridgehead atoms. The van der Waals surface area contributed by atoms with Crippen LogP contribution in [0.15, 0.2) is 53.8 Å². The molecule has 0 saturated carbocycles. The summed E-state index contributed by atoms with van der Waals surface area (Å²) >= 11 is 5.79. The van der Waals surface area contributed by atoms with Crippen LogP contribution in [-0.2, 0) is 0 Å². The van der Waals surface area contributed by atoms with Crippen molar-refractivity contribution in [3.8, 4) is 0 Å². The van der Waals surface area contributed by atoms with E-state index in [1.807, 2.05) is 12.1 Å². The fraction of sp³-hybridized carbons (Fsp3) is 0. The van der Waals surface area contributed by atoms with Crippen LogP contribution in [0.25, 0.3) is 0 Å². The van der Waals surface area contributed by atoms with Crippen molar-refractivity contribution in [1.82, 2.24) is 10.4 Å². The van der Waals surface area contributed by atoms with E-state index in [2.05, 4.69) is 15.5 Å². The van der Waals surface area contributed by atoms with Crippen molar-refractivity contribution in [2.24, 2.45) is 5.10 Å². The van der Waals surface area contributed by atoms with Crippen molar-refractivity contribution in [2.75, 3.05) is 0 Å². The lowest BCUT2D eigenvalue weighted by molar-refractivity contribution is 0.0955. The number of pyridine rings is 1. The van der Waals surface area contributed by atoms with E-state index in [9.17, 15) is 4.79 Å². The largest absolute Gasteiger partial charge is 0.271 e. The maximum absolute atomic E-state index is 11.7. The molecule has 2 rings (SSSR count). The van der Waals surface area contributed by atoms with Gasteiger partial charge < -0.3 is 0 Å². The minimum atomic E-state index is -0.315. The van der Waals surface area contributed by atoms with E-state index >= 15 is 0 Å². The second-order valence-corrected chi connectivity index (χ2v) is 3.90. The molecule has 0 unspecified atom stereocenters. The van der Waals surface area contributed by atoms with Gasteiger partial charge in [-0.15, -0.1) is 0 Å². The molecule has 1 N–H and O–H groups in total. The van der Waals surface area contributed by atoms with Crippen molar-refractivity contribution in [2.45, 2.75) is 0 Å². The molecule has 18 heavy (non-hydrogen) atoms. The molecule has 4 nitrogen and oxygen atoms in total. The summed E-state index contributed by atoms with van der Waals surface area (Å²) < 4.78 is 0. The average Bonchev–Trinajstić information content (AvgIpc) is 2.40. The summed E-state index contributed by atoms with van der Waals surface area (Å²) in [5.74, 6) is -0.315. The number of aromatic nitrogens is 1. The third-order valence-electron chi connectivity index (χ3n) is 2.14. The molecule has 1 amide bonds. The van der Waals surface area contributed by atoms with E-state index in [1.165, 1.54) is 6.21 Å². The molecule has 2 aromatic rings. The van der Waals surface area contributed by atoms with Gasteiger partial charge in [0.2, 0.25) is 0 Å². The van der Waals surface area contributed by atoms with Crippen molar-refractivity contribution in [1.29, 1.82) is 0 Å². The number of benzene rings is 1. The minimum Gasteiger partial charge on any atom is -0.267 e. The Labute approximate surface area is 109 Å². The van der Waals surface area contributed by atoms with Gasteiger partial charge in [-0.05, 0) is 30.3 Å².